The van der Waals surface area contributed by atoms with Crippen LogP contribution in [0.3, 0.4) is 0 Å². The van der Waals surface area contributed by atoms with Gasteiger partial charge in [0.2, 0.25) is 0 Å². The number of rotatable bonds is 7. The van der Waals surface area contributed by atoms with Gasteiger partial charge < -0.3 is 19.3 Å². The quantitative estimate of drug-likeness (QED) is 0.697. The van der Waals surface area contributed by atoms with E-state index >= 15 is 0 Å². The summed E-state index contributed by atoms with van der Waals surface area (Å²) in [5, 5.41) is 4.99. The third-order valence-corrected chi connectivity index (χ3v) is 6.09. The molecule has 0 N–H and O–H groups in total. The third-order valence-electron chi connectivity index (χ3n) is 6.09. The number of carbonyl (C=O) groups excluding carboxylic acids is 1. The number of hydrogen-bond acceptors (Lipinski definition) is 4. The highest BCUT2D eigenvalue weighted by molar-refractivity contribution is 5.75. The van der Waals surface area contributed by atoms with E-state index in [4.69, 9.17) is 14.6 Å². The number of fused-ring (bicyclic) bond motifs is 1. The Bertz CT molecular complexity index is 848. The lowest BCUT2D eigenvalue weighted by atomic mass is 10.0. The van der Waals surface area contributed by atoms with Crippen LogP contribution in [0.4, 0.5) is 4.79 Å². The predicted molar refractivity (Wildman–Crippen MR) is 115 cm³/mol. The van der Waals surface area contributed by atoms with Gasteiger partial charge in [0.05, 0.1) is 31.5 Å². The van der Waals surface area contributed by atoms with Crippen molar-refractivity contribution < 1.29 is 14.3 Å². The molecular formula is C23H32N4O3. The van der Waals surface area contributed by atoms with Gasteiger partial charge in [0.15, 0.2) is 0 Å². The van der Waals surface area contributed by atoms with Gasteiger partial charge in [-0.2, -0.15) is 5.10 Å². The van der Waals surface area contributed by atoms with Crippen LogP contribution in [0.25, 0.3) is 0 Å². The third kappa shape index (κ3) is 4.17. The molecule has 0 radical (unpaired) electrons. The molecule has 7 nitrogen and oxygen atoms in total. The molecule has 2 aromatic rings. The molecule has 30 heavy (non-hydrogen) atoms. The first-order valence-corrected chi connectivity index (χ1v) is 11.1. The number of amides is 2. The van der Waals surface area contributed by atoms with E-state index in [1.807, 2.05) is 54.0 Å². The minimum Gasteiger partial charge on any atom is -0.492 e. The fourth-order valence-corrected chi connectivity index (χ4v) is 4.51. The lowest BCUT2D eigenvalue weighted by molar-refractivity contribution is 0.106. The fraction of sp³-hybridized carbons (Fsp3) is 0.565. The Balaban J connectivity index is 1.53. The van der Waals surface area contributed by atoms with Gasteiger partial charge in [0.25, 0.3) is 0 Å². The number of carbonyl (C=O) groups is 1. The van der Waals surface area contributed by atoms with Crippen molar-refractivity contribution in [2.45, 2.75) is 52.3 Å². The Labute approximate surface area is 178 Å². The van der Waals surface area contributed by atoms with E-state index in [2.05, 4.69) is 4.68 Å². The molecule has 3 heterocycles. The minimum absolute atomic E-state index is 0.0323. The maximum Gasteiger partial charge on any atom is 0.320 e. The van der Waals surface area contributed by atoms with Crippen LogP contribution < -0.4 is 4.74 Å². The molecule has 162 valence electrons. The van der Waals surface area contributed by atoms with Gasteiger partial charge in [0, 0.05) is 37.3 Å². The molecule has 1 fully saturated rings. The van der Waals surface area contributed by atoms with Crippen molar-refractivity contribution in [3.8, 4) is 5.75 Å². The van der Waals surface area contributed by atoms with E-state index in [0.29, 0.717) is 26.4 Å². The highest BCUT2D eigenvalue weighted by atomic mass is 16.5. The van der Waals surface area contributed by atoms with E-state index in [0.717, 1.165) is 50.3 Å². The smallest absolute Gasteiger partial charge is 0.320 e. The number of urea groups is 1. The molecule has 2 amide bonds. The largest absolute Gasteiger partial charge is 0.492 e. The second-order valence-corrected chi connectivity index (χ2v) is 7.80. The lowest BCUT2D eigenvalue weighted by Crippen LogP contribution is -2.42. The van der Waals surface area contributed by atoms with Gasteiger partial charge in [-0.3, -0.25) is 4.68 Å². The zero-order chi connectivity index (χ0) is 20.9. The Morgan fingerprint density at radius 3 is 2.83 bits per heavy atom. The summed E-state index contributed by atoms with van der Waals surface area (Å²) in [5.41, 5.74) is 3.42. The van der Waals surface area contributed by atoms with Gasteiger partial charge in [-0.05, 0) is 38.8 Å². The molecule has 0 aliphatic carbocycles. The summed E-state index contributed by atoms with van der Waals surface area (Å²) in [5.74, 6) is 0.869. The summed E-state index contributed by atoms with van der Waals surface area (Å²) in [6.45, 7) is 8.85. The molecule has 0 saturated carbocycles. The summed E-state index contributed by atoms with van der Waals surface area (Å²) >= 11 is 0. The molecule has 2 aliphatic rings. The summed E-state index contributed by atoms with van der Waals surface area (Å²) in [6.07, 6.45) is 2.82. The first-order chi connectivity index (χ1) is 14.7. The van der Waals surface area contributed by atoms with Gasteiger partial charge in [-0.25, -0.2) is 4.79 Å². The van der Waals surface area contributed by atoms with Gasteiger partial charge in [-0.1, -0.05) is 18.2 Å². The molecule has 4 rings (SSSR count). The van der Waals surface area contributed by atoms with E-state index in [1.165, 1.54) is 11.3 Å². The van der Waals surface area contributed by atoms with E-state index in [1.54, 1.807) is 0 Å². The Hall–Kier alpha value is -2.54. The van der Waals surface area contributed by atoms with Crippen LogP contribution in [-0.4, -0.2) is 58.5 Å². The summed E-state index contributed by atoms with van der Waals surface area (Å²) in [7, 11) is 0. The molecule has 2 aliphatic heterocycles. The van der Waals surface area contributed by atoms with Gasteiger partial charge in [0.1, 0.15) is 12.4 Å². The number of aromatic nitrogens is 2. The summed E-state index contributed by atoms with van der Waals surface area (Å²) in [4.78, 5) is 17.0. The van der Waals surface area contributed by atoms with Crippen LogP contribution in [0.1, 0.15) is 49.7 Å². The highest BCUT2D eigenvalue weighted by Gasteiger charge is 2.36. The molecule has 7 heteroatoms. The second kappa shape index (κ2) is 9.51. The topological polar surface area (TPSA) is 59.8 Å². The predicted octanol–water partition coefficient (Wildman–Crippen LogP) is 3.63. The first-order valence-electron chi connectivity index (χ1n) is 11.1. The van der Waals surface area contributed by atoms with E-state index < -0.39 is 0 Å². The average molecular weight is 413 g/mol. The molecular weight excluding hydrogens is 380 g/mol. The Kier molecular flexibility index (Phi) is 6.57. The Morgan fingerprint density at radius 1 is 1.27 bits per heavy atom. The van der Waals surface area contributed by atoms with Crippen molar-refractivity contribution in [1.82, 2.24) is 19.6 Å². The van der Waals surface area contributed by atoms with E-state index in [9.17, 15) is 4.79 Å². The zero-order valence-corrected chi connectivity index (χ0v) is 18.0. The maximum absolute atomic E-state index is 13.1. The number of benzene rings is 1. The van der Waals surface area contributed by atoms with Crippen LogP contribution >= 0.6 is 0 Å². The average Bonchev–Trinajstić information content (AvgIpc) is 3.40. The van der Waals surface area contributed by atoms with Crippen molar-refractivity contribution in [3.05, 3.63) is 47.3 Å². The number of para-hydroxylation sites is 1. The number of nitrogens with zero attached hydrogens (tertiary/aromatic N) is 4. The van der Waals surface area contributed by atoms with Gasteiger partial charge >= 0.3 is 6.03 Å². The van der Waals surface area contributed by atoms with Crippen LogP contribution in [-0.2, 0) is 24.3 Å². The van der Waals surface area contributed by atoms with Crippen LogP contribution in [0.15, 0.2) is 30.3 Å². The van der Waals surface area contributed by atoms with Crippen molar-refractivity contribution >= 4 is 6.03 Å². The Morgan fingerprint density at radius 2 is 2.07 bits per heavy atom. The van der Waals surface area contributed by atoms with Crippen LogP contribution in [0.5, 0.6) is 5.75 Å². The maximum atomic E-state index is 13.1. The molecule has 1 unspecified atom stereocenters. The molecule has 1 aromatic heterocycles. The van der Waals surface area contributed by atoms with E-state index in [-0.39, 0.29) is 12.1 Å². The fourth-order valence-electron chi connectivity index (χ4n) is 4.51. The van der Waals surface area contributed by atoms with Crippen LogP contribution in [0, 0.1) is 0 Å². The monoisotopic (exact) mass is 412 g/mol. The van der Waals surface area contributed by atoms with Crippen molar-refractivity contribution in [3.63, 3.8) is 0 Å². The molecule has 0 spiro atoms. The SMILES string of the molecule is CCN(CC)C(=O)N1CCCC1c1nn(CCOc2ccccc2)c2c1COCC2. The second-order valence-electron chi connectivity index (χ2n) is 7.80. The minimum atomic E-state index is 0.0323. The normalized spacial score (nSPS) is 18.3. The molecule has 1 atom stereocenters. The van der Waals surface area contributed by atoms with Crippen molar-refractivity contribution in [1.29, 1.82) is 0 Å². The van der Waals surface area contributed by atoms with Crippen molar-refractivity contribution in [2.24, 2.45) is 0 Å². The van der Waals surface area contributed by atoms with Crippen LogP contribution in [0.2, 0.25) is 0 Å². The molecule has 1 saturated heterocycles. The molecule has 0 bridgehead atoms. The first kappa shape index (κ1) is 20.7. The lowest BCUT2D eigenvalue weighted by Gasteiger charge is -2.30. The summed E-state index contributed by atoms with van der Waals surface area (Å²) < 4.78 is 13.7. The standard InChI is InChI=1S/C23H32N4O3/c1-3-25(4-2)23(28)26-13-8-11-21(26)22-19-17-29-15-12-20(19)27(24-22)14-16-30-18-9-6-5-7-10-18/h5-7,9-10,21H,3-4,8,11-17H2,1-2H3. The van der Waals surface area contributed by atoms with Crippen molar-refractivity contribution in [2.75, 3.05) is 32.8 Å². The summed E-state index contributed by atoms with van der Waals surface area (Å²) in [6, 6.07) is 10.0. The number of likely N-dealkylation sites (tertiary alicyclic amines) is 1. The van der Waals surface area contributed by atoms with Gasteiger partial charge in [-0.15, -0.1) is 0 Å². The molecule has 1 aromatic carbocycles. The number of ether oxygens (including phenoxy) is 2. The highest BCUT2D eigenvalue weighted by Crippen LogP contribution is 2.36. The number of hydrogen-bond donors (Lipinski definition) is 0. The zero-order valence-electron chi connectivity index (χ0n) is 18.0.